The third-order valence-corrected chi connectivity index (χ3v) is 7.05. The van der Waals surface area contributed by atoms with Crippen LogP contribution in [0.4, 0.5) is 5.69 Å². The molecule has 0 spiro atoms. The van der Waals surface area contributed by atoms with Gasteiger partial charge in [-0.1, -0.05) is 6.92 Å². The van der Waals surface area contributed by atoms with Crippen molar-refractivity contribution < 1.29 is 21.6 Å². The molecule has 1 atom stereocenters. The van der Waals surface area contributed by atoms with Crippen LogP contribution in [0.15, 0.2) is 29.2 Å². The van der Waals surface area contributed by atoms with Crippen LogP contribution in [-0.2, 0) is 24.8 Å². The number of carbonyl (C=O) groups excluding carboxylic acids is 1. The number of carbonyl (C=O) groups is 1. The van der Waals surface area contributed by atoms with Gasteiger partial charge in [0.2, 0.25) is 26.0 Å². The number of benzene rings is 1. The first-order chi connectivity index (χ1) is 10.2. The molecule has 2 fully saturated rings. The van der Waals surface area contributed by atoms with Crippen molar-refractivity contribution in [1.82, 2.24) is 4.72 Å². The first-order valence-electron chi connectivity index (χ1n) is 6.90. The molecular weight excluding hydrogens is 328 g/mol. The maximum absolute atomic E-state index is 12.0. The fourth-order valence-corrected chi connectivity index (χ4v) is 5.46. The predicted octanol–water partition coefficient (Wildman–Crippen LogP) is 0.440. The number of hydrogen-bond acceptors (Lipinski definition) is 5. The number of anilines is 1. The average molecular weight is 344 g/mol. The van der Waals surface area contributed by atoms with E-state index in [2.05, 4.69) is 4.72 Å². The smallest absolute Gasteiger partial charge is 0.244 e. The summed E-state index contributed by atoms with van der Waals surface area (Å²) in [5.41, 5.74) is 0.166. The second-order valence-corrected chi connectivity index (χ2v) is 9.25. The minimum Gasteiger partial charge on any atom is -0.273 e. The molecule has 1 aliphatic carbocycles. The molecule has 1 saturated heterocycles. The summed E-state index contributed by atoms with van der Waals surface area (Å²) in [6, 6.07) is 5.30. The van der Waals surface area contributed by atoms with Crippen LogP contribution >= 0.6 is 0 Å². The van der Waals surface area contributed by atoms with E-state index >= 15 is 0 Å². The number of nitrogens with one attached hydrogen (secondary N) is 1. The molecule has 9 heteroatoms. The molecule has 1 heterocycles. The lowest BCUT2D eigenvalue weighted by atomic mass is 10.2. The normalized spacial score (nSPS) is 24.7. The lowest BCUT2D eigenvalue weighted by Gasteiger charge is -2.15. The maximum atomic E-state index is 12.0. The van der Waals surface area contributed by atoms with Gasteiger partial charge in [0.25, 0.3) is 0 Å². The Labute approximate surface area is 129 Å². The third-order valence-electron chi connectivity index (χ3n) is 3.64. The molecule has 1 saturated carbocycles. The Morgan fingerprint density at radius 2 is 1.77 bits per heavy atom. The maximum Gasteiger partial charge on any atom is 0.244 e. The van der Waals surface area contributed by atoms with Crippen LogP contribution < -0.4 is 9.03 Å². The molecular formula is C13H16N2O5S2. The van der Waals surface area contributed by atoms with Gasteiger partial charge < -0.3 is 0 Å². The second kappa shape index (κ2) is 5.04. The van der Waals surface area contributed by atoms with E-state index in [1.807, 2.05) is 0 Å². The highest BCUT2D eigenvalue weighted by molar-refractivity contribution is 7.94. The van der Waals surface area contributed by atoms with E-state index in [1.165, 1.54) is 24.3 Å². The molecule has 22 heavy (non-hydrogen) atoms. The summed E-state index contributed by atoms with van der Waals surface area (Å²) < 4.78 is 51.4. The summed E-state index contributed by atoms with van der Waals surface area (Å²) in [7, 11) is -7.27. The molecule has 120 valence electrons. The summed E-state index contributed by atoms with van der Waals surface area (Å²) in [6.07, 6.45) is 1.66. The van der Waals surface area contributed by atoms with Gasteiger partial charge in [-0.05, 0) is 37.1 Å². The summed E-state index contributed by atoms with van der Waals surface area (Å²) >= 11 is 0. The van der Waals surface area contributed by atoms with Gasteiger partial charge >= 0.3 is 0 Å². The zero-order chi connectivity index (χ0) is 16.1. The first kappa shape index (κ1) is 15.4. The van der Waals surface area contributed by atoms with E-state index in [-0.39, 0.29) is 22.4 Å². The molecule has 0 bridgehead atoms. The minimum atomic E-state index is -3.68. The van der Waals surface area contributed by atoms with Gasteiger partial charge in [-0.25, -0.2) is 25.9 Å². The van der Waals surface area contributed by atoms with Crippen LogP contribution in [0.25, 0.3) is 0 Å². The highest BCUT2D eigenvalue weighted by Crippen LogP contribution is 2.29. The van der Waals surface area contributed by atoms with E-state index in [9.17, 15) is 21.6 Å². The van der Waals surface area contributed by atoms with E-state index in [0.29, 0.717) is 0 Å². The zero-order valence-corrected chi connectivity index (χ0v) is 13.5. The third kappa shape index (κ3) is 2.75. The number of hydrogen-bond donors (Lipinski definition) is 1. The van der Waals surface area contributed by atoms with Crippen molar-refractivity contribution in [2.24, 2.45) is 5.92 Å². The summed E-state index contributed by atoms with van der Waals surface area (Å²) in [4.78, 5) is 12.0. The predicted molar refractivity (Wildman–Crippen MR) is 80.2 cm³/mol. The van der Waals surface area contributed by atoms with Crippen LogP contribution in [0.2, 0.25) is 0 Å². The number of rotatable bonds is 4. The molecule has 1 aromatic rings. The largest absolute Gasteiger partial charge is 0.273 e. The summed E-state index contributed by atoms with van der Waals surface area (Å²) in [5.74, 6) is -1.31. The molecule has 1 aromatic carbocycles. The van der Waals surface area contributed by atoms with Gasteiger partial charge in [0.15, 0.2) is 0 Å². The zero-order valence-electron chi connectivity index (χ0n) is 11.9. The summed E-state index contributed by atoms with van der Waals surface area (Å²) in [5, 5.41) is 0. The van der Waals surface area contributed by atoms with Crippen molar-refractivity contribution in [2.45, 2.75) is 30.7 Å². The molecule has 1 aliphatic heterocycles. The van der Waals surface area contributed by atoms with Crippen molar-refractivity contribution >= 4 is 31.6 Å². The van der Waals surface area contributed by atoms with Crippen molar-refractivity contribution in [2.75, 3.05) is 10.1 Å². The molecule has 1 amide bonds. The van der Waals surface area contributed by atoms with Crippen LogP contribution in [0.3, 0.4) is 0 Å². The van der Waals surface area contributed by atoms with Crippen molar-refractivity contribution in [1.29, 1.82) is 0 Å². The van der Waals surface area contributed by atoms with Gasteiger partial charge in [0, 0.05) is 6.04 Å². The Kier molecular flexibility index (Phi) is 3.54. The van der Waals surface area contributed by atoms with Gasteiger partial charge in [-0.2, -0.15) is 0 Å². The Morgan fingerprint density at radius 1 is 1.18 bits per heavy atom. The molecule has 0 unspecified atom stereocenters. The fourth-order valence-electron chi connectivity index (χ4n) is 2.34. The van der Waals surface area contributed by atoms with E-state index < -0.39 is 31.9 Å². The minimum absolute atomic E-state index is 0.00827. The SMILES string of the molecule is C[C@@H]1CS(=O)(=O)N(c2ccc(S(=O)(=O)NC3CC3)cc2)C1=O. The number of nitrogens with zero attached hydrogens (tertiary/aromatic N) is 1. The topological polar surface area (TPSA) is 101 Å². The Bertz CT molecular complexity index is 810. The molecule has 0 radical (unpaired) electrons. The van der Waals surface area contributed by atoms with E-state index in [4.69, 9.17) is 0 Å². The number of amides is 1. The van der Waals surface area contributed by atoms with E-state index in [1.54, 1.807) is 6.92 Å². The van der Waals surface area contributed by atoms with Gasteiger partial charge in [-0.15, -0.1) is 0 Å². The lowest BCUT2D eigenvalue weighted by Crippen LogP contribution is -2.30. The van der Waals surface area contributed by atoms with Crippen molar-refractivity contribution in [3.63, 3.8) is 0 Å². The van der Waals surface area contributed by atoms with Gasteiger partial charge in [-0.3, -0.25) is 4.79 Å². The summed E-state index contributed by atoms with van der Waals surface area (Å²) in [6.45, 7) is 1.55. The Hall–Kier alpha value is -1.45. The average Bonchev–Trinajstić information content (AvgIpc) is 3.18. The van der Waals surface area contributed by atoms with Gasteiger partial charge in [0.1, 0.15) is 0 Å². The quantitative estimate of drug-likeness (QED) is 0.854. The Morgan fingerprint density at radius 3 is 2.23 bits per heavy atom. The second-order valence-electron chi connectivity index (χ2n) is 5.67. The lowest BCUT2D eigenvalue weighted by molar-refractivity contribution is -0.119. The number of sulfonamides is 2. The monoisotopic (exact) mass is 344 g/mol. The van der Waals surface area contributed by atoms with Crippen LogP contribution in [0, 0.1) is 5.92 Å². The molecule has 7 nitrogen and oxygen atoms in total. The Balaban J connectivity index is 1.90. The standard InChI is InChI=1S/C13H16N2O5S2/c1-9-8-21(17,18)15(13(9)16)11-4-6-12(7-5-11)22(19,20)14-10-2-3-10/h4-7,9-10,14H,2-3,8H2,1H3/t9-/m1/s1. The highest BCUT2D eigenvalue weighted by atomic mass is 32.2. The van der Waals surface area contributed by atoms with E-state index in [0.717, 1.165) is 17.1 Å². The molecule has 2 aliphatic rings. The highest BCUT2D eigenvalue weighted by Gasteiger charge is 2.42. The molecule has 1 N–H and O–H groups in total. The van der Waals surface area contributed by atoms with Crippen LogP contribution in [0.5, 0.6) is 0 Å². The van der Waals surface area contributed by atoms with Crippen molar-refractivity contribution in [3.05, 3.63) is 24.3 Å². The molecule has 0 aromatic heterocycles. The first-order valence-corrected chi connectivity index (χ1v) is 9.99. The van der Waals surface area contributed by atoms with Crippen LogP contribution in [0.1, 0.15) is 19.8 Å². The molecule has 3 rings (SSSR count). The van der Waals surface area contributed by atoms with Gasteiger partial charge in [0.05, 0.1) is 22.3 Å². The van der Waals surface area contributed by atoms with Crippen LogP contribution in [-0.4, -0.2) is 34.5 Å². The van der Waals surface area contributed by atoms with Crippen molar-refractivity contribution in [3.8, 4) is 0 Å². The fraction of sp³-hybridized carbons (Fsp3) is 0.462.